The van der Waals surface area contributed by atoms with Crippen LogP contribution in [0.25, 0.3) is 0 Å². The Morgan fingerprint density at radius 1 is 1.71 bits per heavy atom. The van der Waals surface area contributed by atoms with Crippen LogP contribution in [0.3, 0.4) is 0 Å². The number of aliphatic hydroxyl groups is 1. The third-order valence-electron chi connectivity index (χ3n) is 0.621. The molecule has 0 aliphatic carbocycles. The van der Waals surface area contributed by atoms with Gasteiger partial charge in [-0.15, -0.1) is 0 Å². The molecule has 46 valence electrons. The molecule has 0 aromatic rings. The molecule has 0 aliphatic heterocycles. The first kappa shape index (κ1) is 9.99. The zero-order valence-corrected chi connectivity index (χ0v) is 4.64. The van der Waals surface area contributed by atoms with Crippen LogP contribution in [0.5, 0.6) is 0 Å². The Bertz CT molecular complexity index is 26.1. The van der Waals surface area contributed by atoms with Crippen LogP contribution in [0, 0.1) is 0 Å². The Hall–Kier alpha value is -0.120. The summed E-state index contributed by atoms with van der Waals surface area (Å²) in [5.41, 5.74) is 0. The van der Waals surface area contributed by atoms with Crippen molar-refractivity contribution in [1.82, 2.24) is 0 Å². The first-order valence-corrected chi connectivity index (χ1v) is 2.02. The molecule has 1 unspecified atom stereocenters. The summed E-state index contributed by atoms with van der Waals surface area (Å²) in [6.07, 6.45) is 0.0984. The third kappa shape index (κ3) is 5.88. The molecule has 0 aliphatic rings. The van der Waals surface area contributed by atoms with Crippen molar-refractivity contribution in [1.29, 1.82) is 0 Å². The van der Waals surface area contributed by atoms with E-state index < -0.39 is 6.29 Å². The van der Waals surface area contributed by atoms with Gasteiger partial charge in [0.2, 0.25) is 0 Å². The van der Waals surface area contributed by atoms with E-state index in [0.717, 1.165) is 0 Å². The monoisotopic (exact) mass is 108 g/mol. The van der Waals surface area contributed by atoms with E-state index >= 15 is 0 Å². The maximum atomic E-state index is 8.44. The van der Waals surface area contributed by atoms with Crippen molar-refractivity contribution in [2.45, 2.75) is 19.6 Å². The van der Waals surface area contributed by atoms with Gasteiger partial charge in [-0.2, -0.15) is 0 Å². The van der Waals surface area contributed by atoms with Gasteiger partial charge in [0.1, 0.15) is 0 Å². The van der Waals surface area contributed by atoms with Gasteiger partial charge in [-0.25, -0.2) is 0 Å². The lowest BCUT2D eigenvalue weighted by atomic mass is 10.5. The molecule has 7 heavy (non-hydrogen) atoms. The second kappa shape index (κ2) is 5.88. The van der Waals surface area contributed by atoms with Crippen LogP contribution >= 0.6 is 0 Å². The quantitative estimate of drug-likeness (QED) is 0.486. The van der Waals surface area contributed by atoms with Crippen LogP contribution < -0.4 is 0 Å². The van der Waals surface area contributed by atoms with E-state index in [1.54, 1.807) is 0 Å². The largest absolute Gasteiger partial charge is 0.412 e. The normalized spacial score (nSPS) is 12.4. The average molecular weight is 108 g/mol. The fraction of sp³-hybridized carbons (Fsp3) is 1.00. The summed E-state index contributed by atoms with van der Waals surface area (Å²) in [7, 11) is 1.48. The van der Waals surface area contributed by atoms with Crippen LogP contribution in [-0.2, 0) is 4.74 Å². The van der Waals surface area contributed by atoms with E-state index in [0.29, 0.717) is 6.42 Å². The highest BCUT2D eigenvalue weighted by Gasteiger charge is 1.90. The lowest BCUT2D eigenvalue weighted by Gasteiger charge is -2.00. The Balaban J connectivity index is 0. The molecule has 0 radical (unpaired) electrons. The topological polar surface area (TPSA) is 61.0 Å². The van der Waals surface area contributed by atoms with Gasteiger partial charge in [-0.3, -0.25) is 0 Å². The second-order valence-electron chi connectivity index (χ2n) is 1.10. The molecule has 1 atom stereocenters. The zero-order chi connectivity index (χ0) is 4.99. The number of methoxy groups -OCH3 is 1. The van der Waals surface area contributed by atoms with Crippen LogP contribution in [0.4, 0.5) is 0 Å². The van der Waals surface area contributed by atoms with Crippen LogP contribution in [-0.4, -0.2) is 24.0 Å². The fourth-order valence-electron chi connectivity index (χ4n) is 0.167. The molecule has 0 amide bonds. The smallest absolute Gasteiger partial charge is 0.153 e. The molecular weight excluding hydrogens is 96.0 g/mol. The average Bonchev–Trinajstić information content (AvgIpc) is 1.65. The summed E-state index contributed by atoms with van der Waals surface area (Å²) >= 11 is 0. The Morgan fingerprint density at radius 2 is 2.14 bits per heavy atom. The summed E-state index contributed by atoms with van der Waals surface area (Å²) in [5, 5.41) is 8.44. The Morgan fingerprint density at radius 3 is 2.14 bits per heavy atom. The summed E-state index contributed by atoms with van der Waals surface area (Å²) in [6.45, 7) is 1.86. The number of aliphatic hydroxyl groups excluding tert-OH is 1. The molecule has 0 rings (SSSR count). The highest BCUT2D eigenvalue weighted by molar-refractivity contribution is 4.26. The van der Waals surface area contributed by atoms with Gasteiger partial charge in [0.05, 0.1) is 0 Å². The minimum Gasteiger partial charge on any atom is -0.412 e. The van der Waals surface area contributed by atoms with Gasteiger partial charge in [0.25, 0.3) is 0 Å². The highest BCUT2D eigenvalue weighted by atomic mass is 16.6. The summed E-state index contributed by atoms with van der Waals surface area (Å²) in [5.74, 6) is 0. The zero-order valence-electron chi connectivity index (χ0n) is 4.64. The van der Waals surface area contributed by atoms with Crippen molar-refractivity contribution >= 4 is 0 Å². The van der Waals surface area contributed by atoms with Gasteiger partial charge in [0.15, 0.2) is 6.29 Å². The van der Waals surface area contributed by atoms with Crippen molar-refractivity contribution in [3.63, 3.8) is 0 Å². The number of rotatable bonds is 2. The molecule has 0 heterocycles. The summed E-state index contributed by atoms with van der Waals surface area (Å²) < 4.78 is 4.45. The first-order chi connectivity index (χ1) is 2.81. The number of ether oxygens (including phenoxy) is 1. The predicted octanol–water partition coefficient (Wildman–Crippen LogP) is -0.463. The highest BCUT2D eigenvalue weighted by Crippen LogP contribution is 1.85. The Kier molecular flexibility index (Phi) is 8.39. The van der Waals surface area contributed by atoms with Crippen molar-refractivity contribution in [3.05, 3.63) is 0 Å². The molecule has 3 heteroatoms. The van der Waals surface area contributed by atoms with Gasteiger partial charge in [-0.05, 0) is 6.42 Å². The van der Waals surface area contributed by atoms with Gasteiger partial charge < -0.3 is 15.3 Å². The van der Waals surface area contributed by atoms with Crippen molar-refractivity contribution in [2.24, 2.45) is 0 Å². The third-order valence-corrected chi connectivity index (χ3v) is 0.621. The first-order valence-electron chi connectivity index (χ1n) is 2.02. The predicted molar refractivity (Wildman–Crippen MR) is 26.9 cm³/mol. The molecule has 3 N–H and O–H groups in total. The standard InChI is InChI=1S/C4H10O2.H2O/c1-3-4(5)6-2;/h4-5H,3H2,1-2H3;1H2. The molecule has 0 fully saturated rings. The van der Waals surface area contributed by atoms with Crippen LogP contribution in [0.1, 0.15) is 13.3 Å². The summed E-state index contributed by atoms with van der Waals surface area (Å²) in [6, 6.07) is 0. The molecule has 0 saturated carbocycles. The van der Waals surface area contributed by atoms with Crippen LogP contribution in [0.15, 0.2) is 0 Å². The Labute approximate surface area is 43.2 Å². The van der Waals surface area contributed by atoms with Crippen LogP contribution in [0.2, 0.25) is 0 Å². The number of hydrogen-bond acceptors (Lipinski definition) is 2. The maximum absolute atomic E-state index is 8.44. The molecule has 0 aromatic carbocycles. The van der Waals surface area contributed by atoms with Gasteiger partial charge in [-0.1, -0.05) is 6.92 Å². The molecule has 0 aromatic heterocycles. The summed E-state index contributed by atoms with van der Waals surface area (Å²) in [4.78, 5) is 0. The van der Waals surface area contributed by atoms with E-state index in [-0.39, 0.29) is 5.48 Å². The molecule has 0 saturated heterocycles. The lowest BCUT2D eigenvalue weighted by molar-refractivity contribution is -0.0748. The van der Waals surface area contributed by atoms with E-state index in [2.05, 4.69) is 4.74 Å². The fourth-order valence-corrected chi connectivity index (χ4v) is 0.167. The van der Waals surface area contributed by atoms with Gasteiger partial charge in [0, 0.05) is 7.11 Å². The van der Waals surface area contributed by atoms with Crippen molar-refractivity contribution in [2.75, 3.05) is 7.11 Å². The van der Waals surface area contributed by atoms with Gasteiger partial charge >= 0.3 is 0 Å². The second-order valence-corrected chi connectivity index (χ2v) is 1.10. The van der Waals surface area contributed by atoms with E-state index in [1.807, 2.05) is 6.92 Å². The maximum Gasteiger partial charge on any atom is 0.153 e. The molecular formula is C4H12O3. The minimum atomic E-state index is -0.565. The van der Waals surface area contributed by atoms with Crippen molar-refractivity contribution < 1.29 is 15.3 Å². The van der Waals surface area contributed by atoms with E-state index in [9.17, 15) is 0 Å². The number of hydrogen-bond donors (Lipinski definition) is 1. The van der Waals surface area contributed by atoms with E-state index in [1.165, 1.54) is 7.11 Å². The SMILES string of the molecule is CCC(O)OC.O. The molecule has 0 spiro atoms. The molecule has 3 nitrogen and oxygen atoms in total. The molecule has 0 bridgehead atoms. The lowest BCUT2D eigenvalue weighted by Crippen LogP contribution is -2.05. The van der Waals surface area contributed by atoms with E-state index in [4.69, 9.17) is 5.11 Å². The minimum absolute atomic E-state index is 0. The van der Waals surface area contributed by atoms with Crippen molar-refractivity contribution in [3.8, 4) is 0 Å².